The maximum atomic E-state index is 5.62. The van der Waals surface area contributed by atoms with Crippen LogP contribution in [0.3, 0.4) is 0 Å². The van der Waals surface area contributed by atoms with Gasteiger partial charge in [0, 0.05) is 5.39 Å². The molecular weight excluding hydrogens is 150 g/mol. The number of rotatable bonds is 0. The zero-order valence-corrected chi connectivity index (χ0v) is 5.80. The standard InChI is InChI=1S/C7H4ClNO/c8-7-3-5-1-2-10-6(5)4-9-7/h1-4H. The molecule has 2 nitrogen and oxygen atoms in total. The van der Waals surface area contributed by atoms with E-state index in [9.17, 15) is 0 Å². The smallest absolute Gasteiger partial charge is 0.152 e. The molecule has 2 aromatic heterocycles. The quantitative estimate of drug-likeness (QED) is 0.544. The maximum Gasteiger partial charge on any atom is 0.152 e. The van der Waals surface area contributed by atoms with E-state index in [1.807, 2.05) is 6.07 Å². The highest BCUT2D eigenvalue weighted by Gasteiger charge is 1.95. The second kappa shape index (κ2) is 1.99. The van der Waals surface area contributed by atoms with E-state index in [1.54, 1.807) is 18.5 Å². The minimum Gasteiger partial charge on any atom is -0.463 e. The second-order valence-corrected chi connectivity index (χ2v) is 2.35. The Morgan fingerprint density at radius 1 is 1.50 bits per heavy atom. The number of hydrogen-bond acceptors (Lipinski definition) is 2. The van der Waals surface area contributed by atoms with Crippen LogP contribution in [0.5, 0.6) is 0 Å². The molecule has 2 aromatic rings. The highest BCUT2D eigenvalue weighted by atomic mass is 35.5. The third-order valence-electron chi connectivity index (χ3n) is 1.31. The lowest BCUT2D eigenvalue weighted by atomic mass is 10.3. The summed E-state index contributed by atoms with van der Waals surface area (Å²) in [6.45, 7) is 0. The summed E-state index contributed by atoms with van der Waals surface area (Å²) in [4.78, 5) is 3.85. The molecule has 0 amide bonds. The van der Waals surface area contributed by atoms with Gasteiger partial charge in [-0.25, -0.2) is 4.98 Å². The van der Waals surface area contributed by atoms with Crippen molar-refractivity contribution in [2.24, 2.45) is 0 Å². The molecule has 0 saturated heterocycles. The largest absolute Gasteiger partial charge is 0.463 e. The van der Waals surface area contributed by atoms with Crippen molar-refractivity contribution in [3.63, 3.8) is 0 Å². The van der Waals surface area contributed by atoms with Crippen LogP contribution in [0.25, 0.3) is 11.0 Å². The summed E-state index contributed by atoms with van der Waals surface area (Å²) in [6, 6.07) is 3.61. The van der Waals surface area contributed by atoms with Gasteiger partial charge in [0.2, 0.25) is 0 Å². The Morgan fingerprint density at radius 2 is 2.40 bits per heavy atom. The molecule has 10 heavy (non-hydrogen) atoms. The zero-order valence-electron chi connectivity index (χ0n) is 5.04. The van der Waals surface area contributed by atoms with Crippen molar-refractivity contribution >= 4 is 22.6 Å². The molecule has 0 bridgehead atoms. The van der Waals surface area contributed by atoms with E-state index in [0.29, 0.717) is 5.15 Å². The van der Waals surface area contributed by atoms with Crippen LogP contribution in [0.15, 0.2) is 29.0 Å². The molecule has 3 heteroatoms. The molecular formula is C7H4ClNO. The molecule has 0 atom stereocenters. The van der Waals surface area contributed by atoms with Crippen LogP contribution in [-0.2, 0) is 0 Å². The third-order valence-corrected chi connectivity index (χ3v) is 1.51. The number of halogens is 1. The Morgan fingerprint density at radius 3 is 3.30 bits per heavy atom. The first-order valence-corrected chi connectivity index (χ1v) is 3.23. The summed E-state index contributed by atoms with van der Waals surface area (Å²) in [5.41, 5.74) is 0.768. The van der Waals surface area contributed by atoms with Crippen LogP contribution < -0.4 is 0 Å². The number of hydrogen-bond donors (Lipinski definition) is 0. The lowest BCUT2D eigenvalue weighted by Crippen LogP contribution is -1.70. The molecule has 2 heterocycles. The molecule has 0 aliphatic rings. The first kappa shape index (κ1) is 5.74. The fourth-order valence-corrected chi connectivity index (χ4v) is 1.01. The van der Waals surface area contributed by atoms with Crippen molar-refractivity contribution in [1.29, 1.82) is 0 Å². The molecule has 2 rings (SSSR count). The number of pyridine rings is 1. The fourth-order valence-electron chi connectivity index (χ4n) is 0.841. The van der Waals surface area contributed by atoms with Crippen LogP contribution in [0.1, 0.15) is 0 Å². The average molecular weight is 154 g/mol. The predicted molar refractivity (Wildman–Crippen MR) is 39.0 cm³/mol. The summed E-state index contributed by atoms with van der Waals surface area (Å²) in [5.74, 6) is 0. The monoisotopic (exact) mass is 153 g/mol. The Hall–Kier alpha value is -1.02. The van der Waals surface area contributed by atoms with Crippen LogP contribution in [0, 0.1) is 0 Å². The van der Waals surface area contributed by atoms with Crippen molar-refractivity contribution in [2.45, 2.75) is 0 Å². The Labute approximate surface area is 62.4 Å². The van der Waals surface area contributed by atoms with Gasteiger partial charge in [-0.15, -0.1) is 0 Å². The van der Waals surface area contributed by atoms with Gasteiger partial charge < -0.3 is 4.42 Å². The Balaban J connectivity index is 2.86. The zero-order chi connectivity index (χ0) is 6.97. The SMILES string of the molecule is Clc1cc2ccoc2cn1. The predicted octanol–water partition coefficient (Wildman–Crippen LogP) is 2.48. The first-order valence-electron chi connectivity index (χ1n) is 2.85. The van der Waals surface area contributed by atoms with E-state index in [1.165, 1.54) is 0 Å². The van der Waals surface area contributed by atoms with Crippen molar-refractivity contribution in [2.75, 3.05) is 0 Å². The van der Waals surface area contributed by atoms with Crippen LogP contribution >= 0.6 is 11.6 Å². The molecule has 50 valence electrons. The Kier molecular flexibility index (Phi) is 1.14. The second-order valence-electron chi connectivity index (χ2n) is 1.97. The van der Waals surface area contributed by atoms with Gasteiger partial charge in [-0.1, -0.05) is 11.6 Å². The highest BCUT2D eigenvalue weighted by Crippen LogP contribution is 2.16. The lowest BCUT2D eigenvalue weighted by Gasteiger charge is -1.86. The summed E-state index contributed by atoms with van der Waals surface area (Å²) in [6.07, 6.45) is 3.22. The summed E-state index contributed by atoms with van der Waals surface area (Å²) >= 11 is 5.62. The van der Waals surface area contributed by atoms with E-state index >= 15 is 0 Å². The minimum absolute atomic E-state index is 0.494. The number of aromatic nitrogens is 1. The van der Waals surface area contributed by atoms with Crippen molar-refractivity contribution in [3.8, 4) is 0 Å². The van der Waals surface area contributed by atoms with E-state index in [2.05, 4.69) is 4.98 Å². The maximum absolute atomic E-state index is 5.62. The first-order chi connectivity index (χ1) is 4.86. The molecule has 0 fully saturated rings. The minimum atomic E-state index is 0.494. The molecule has 0 N–H and O–H groups in total. The van der Waals surface area contributed by atoms with Crippen LogP contribution in [0.2, 0.25) is 5.15 Å². The van der Waals surface area contributed by atoms with Gasteiger partial charge >= 0.3 is 0 Å². The van der Waals surface area contributed by atoms with Gasteiger partial charge in [0.1, 0.15) is 5.15 Å². The molecule has 0 aliphatic carbocycles. The van der Waals surface area contributed by atoms with Gasteiger partial charge in [0.15, 0.2) is 5.58 Å². The van der Waals surface area contributed by atoms with Gasteiger partial charge in [0.25, 0.3) is 0 Å². The molecule has 0 aromatic carbocycles. The van der Waals surface area contributed by atoms with Crippen molar-refractivity contribution in [1.82, 2.24) is 4.98 Å². The molecule has 0 spiro atoms. The van der Waals surface area contributed by atoms with E-state index in [0.717, 1.165) is 11.0 Å². The third kappa shape index (κ3) is 0.772. The average Bonchev–Trinajstić information content (AvgIpc) is 2.33. The topological polar surface area (TPSA) is 26.0 Å². The van der Waals surface area contributed by atoms with E-state index in [4.69, 9.17) is 16.0 Å². The van der Waals surface area contributed by atoms with Crippen LogP contribution in [-0.4, -0.2) is 4.98 Å². The number of fused-ring (bicyclic) bond motifs is 1. The summed E-state index contributed by atoms with van der Waals surface area (Å²) in [7, 11) is 0. The van der Waals surface area contributed by atoms with Gasteiger partial charge in [-0.3, -0.25) is 0 Å². The normalized spacial score (nSPS) is 10.5. The summed E-state index contributed by atoms with van der Waals surface area (Å²) in [5, 5.41) is 1.48. The highest BCUT2D eigenvalue weighted by molar-refractivity contribution is 6.30. The van der Waals surface area contributed by atoms with Crippen molar-refractivity contribution in [3.05, 3.63) is 29.7 Å². The molecule has 0 radical (unpaired) electrons. The van der Waals surface area contributed by atoms with Gasteiger partial charge in [0.05, 0.1) is 12.5 Å². The lowest BCUT2D eigenvalue weighted by molar-refractivity contribution is 0.614. The fraction of sp³-hybridized carbons (Fsp3) is 0. The van der Waals surface area contributed by atoms with E-state index in [-0.39, 0.29) is 0 Å². The van der Waals surface area contributed by atoms with Gasteiger partial charge in [-0.2, -0.15) is 0 Å². The van der Waals surface area contributed by atoms with Crippen molar-refractivity contribution < 1.29 is 4.42 Å². The number of nitrogens with zero attached hydrogens (tertiary/aromatic N) is 1. The number of furan rings is 1. The Bertz CT molecular complexity index is 355. The molecule has 0 aliphatic heterocycles. The van der Waals surface area contributed by atoms with E-state index < -0.39 is 0 Å². The van der Waals surface area contributed by atoms with Gasteiger partial charge in [-0.05, 0) is 12.1 Å². The molecule has 0 unspecified atom stereocenters. The van der Waals surface area contributed by atoms with Crippen LogP contribution in [0.4, 0.5) is 0 Å². The summed E-state index contributed by atoms with van der Waals surface area (Å²) < 4.78 is 5.05. The molecule has 0 saturated carbocycles.